The van der Waals surface area contributed by atoms with Crippen molar-refractivity contribution in [2.24, 2.45) is 7.05 Å². The van der Waals surface area contributed by atoms with Crippen LogP contribution in [0.15, 0.2) is 84.9 Å². The van der Waals surface area contributed by atoms with Gasteiger partial charge >= 0.3 is 11.9 Å². The maximum Gasteiger partial charge on any atom is 0.345 e. The summed E-state index contributed by atoms with van der Waals surface area (Å²) in [6, 6.07) is 26.1. The number of hydrogen-bond acceptors (Lipinski definition) is 7. The molecule has 8 nitrogen and oxygen atoms in total. The van der Waals surface area contributed by atoms with Crippen LogP contribution in [-0.2, 0) is 27.9 Å². The maximum absolute atomic E-state index is 14.0. The topological polar surface area (TPSA) is 84.2 Å². The van der Waals surface area contributed by atoms with Gasteiger partial charge in [-0.15, -0.1) is 0 Å². The number of ether oxygens (including phenoxy) is 5. The molecule has 0 radical (unpaired) electrons. The van der Waals surface area contributed by atoms with Crippen molar-refractivity contribution in [3.8, 4) is 11.5 Å². The van der Waals surface area contributed by atoms with Crippen molar-refractivity contribution in [2.75, 3.05) is 27.1 Å². The van der Waals surface area contributed by atoms with E-state index in [0.29, 0.717) is 52.4 Å². The first kappa shape index (κ1) is 29.7. The Kier molecular flexibility index (Phi) is 9.29. The Bertz CT molecular complexity index is 1760. The summed E-state index contributed by atoms with van der Waals surface area (Å²) in [5.74, 6) is -0.00546. The fourth-order valence-electron chi connectivity index (χ4n) is 5.06. The fraction of sp³-hybridized carbons (Fsp3) is 0.229. The molecule has 0 aliphatic carbocycles. The molecule has 1 aromatic heterocycles. The molecule has 0 aliphatic heterocycles. The normalized spacial score (nSPS) is 11.1. The van der Waals surface area contributed by atoms with Crippen LogP contribution in [0.1, 0.15) is 37.4 Å². The third kappa shape index (κ3) is 6.66. The molecule has 5 aromatic rings. The number of aromatic nitrogens is 1. The van der Waals surface area contributed by atoms with E-state index in [1.54, 1.807) is 33.1 Å². The van der Waals surface area contributed by atoms with Crippen molar-refractivity contribution in [1.82, 2.24) is 0 Å². The summed E-state index contributed by atoms with van der Waals surface area (Å²) in [7, 11) is 3.56. The first-order valence-electron chi connectivity index (χ1n) is 14.0. The summed E-state index contributed by atoms with van der Waals surface area (Å²) in [6.45, 7) is 4.70. The van der Waals surface area contributed by atoms with Crippen molar-refractivity contribution in [3.05, 3.63) is 113 Å². The molecule has 0 fully saturated rings. The second kappa shape index (κ2) is 13.5. The molecule has 0 spiro atoms. The number of aryl methyl sites for hydroxylation is 3. The van der Waals surface area contributed by atoms with E-state index >= 15 is 0 Å². The van der Waals surface area contributed by atoms with E-state index in [1.165, 1.54) is 0 Å². The molecule has 0 bridgehead atoms. The summed E-state index contributed by atoms with van der Waals surface area (Å²) < 4.78 is 29.9. The van der Waals surface area contributed by atoms with Gasteiger partial charge in [0.2, 0.25) is 11.0 Å². The number of esters is 2. The Morgan fingerprint density at radius 2 is 1.47 bits per heavy atom. The molecule has 0 unspecified atom stereocenters. The van der Waals surface area contributed by atoms with E-state index in [0.717, 1.165) is 22.0 Å². The third-order valence-electron chi connectivity index (χ3n) is 7.18. The van der Waals surface area contributed by atoms with Crippen molar-refractivity contribution in [1.29, 1.82) is 0 Å². The lowest BCUT2D eigenvalue weighted by molar-refractivity contribution is -0.617. The maximum atomic E-state index is 14.0. The SMILES string of the molecule is COCCOCOc1ccc2c(c1)c(C(=O)Oc1c(C)cc(C(=O)OCc3ccccc3)cc1C)c1ccccc1[n+]2C. The predicted octanol–water partition coefficient (Wildman–Crippen LogP) is 6.01. The first-order valence-corrected chi connectivity index (χ1v) is 14.0. The van der Waals surface area contributed by atoms with Crippen molar-refractivity contribution in [3.63, 3.8) is 0 Å². The molecule has 220 valence electrons. The molecule has 0 saturated heterocycles. The van der Waals surface area contributed by atoms with Gasteiger partial charge in [-0.2, -0.15) is 4.57 Å². The van der Waals surface area contributed by atoms with E-state index in [2.05, 4.69) is 0 Å². The van der Waals surface area contributed by atoms with Crippen LogP contribution < -0.4 is 14.0 Å². The van der Waals surface area contributed by atoms with Gasteiger partial charge in [0.1, 0.15) is 25.2 Å². The average Bonchev–Trinajstić information content (AvgIpc) is 3.02. The zero-order valence-electron chi connectivity index (χ0n) is 24.7. The molecule has 43 heavy (non-hydrogen) atoms. The highest BCUT2D eigenvalue weighted by Crippen LogP contribution is 2.31. The van der Waals surface area contributed by atoms with Crippen LogP contribution in [0.2, 0.25) is 0 Å². The van der Waals surface area contributed by atoms with Crippen LogP contribution in [0.4, 0.5) is 0 Å². The largest absolute Gasteiger partial charge is 0.468 e. The van der Waals surface area contributed by atoms with E-state index in [4.69, 9.17) is 23.7 Å². The number of carbonyl (C=O) groups excluding carboxylic acids is 2. The summed E-state index contributed by atoms with van der Waals surface area (Å²) >= 11 is 0. The van der Waals surface area contributed by atoms with Gasteiger partial charge in [-0.25, -0.2) is 9.59 Å². The Morgan fingerprint density at radius 1 is 0.767 bits per heavy atom. The minimum Gasteiger partial charge on any atom is -0.468 e. The third-order valence-corrected chi connectivity index (χ3v) is 7.18. The van der Waals surface area contributed by atoms with Gasteiger partial charge in [0.05, 0.1) is 35.1 Å². The van der Waals surface area contributed by atoms with E-state index in [1.807, 2.05) is 84.4 Å². The van der Waals surface area contributed by atoms with Crippen molar-refractivity contribution >= 4 is 33.7 Å². The van der Waals surface area contributed by atoms with E-state index in [9.17, 15) is 9.59 Å². The first-order chi connectivity index (χ1) is 20.9. The molecule has 0 atom stereocenters. The molecule has 8 heteroatoms. The van der Waals surface area contributed by atoms with Gasteiger partial charge in [-0.3, -0.25) is 0 Å². The molecular weight excluding hydrogens is 546 g/mol. The highest BCUT2D eigenvalue weighted by Gasteiger charge is 2.26. The van der Waals surface area contributed by atoms with Gasteiger partial charge in [0, 0.05) is 19.2 Å². The molecule has 5 rings (SSSR count). The number of carbonyl (C=O) groups is 2. The number of nitrogens with zero attached hydrogens (tertiary/aromatic N) is 1. The van der Waals surface area contributed by atoms with Gasteiger partial charge in [-0.1, -0.05) is 42.5 Å². The standard InChI is InChI=1S/C35H34NO7/c1-23-18-26(34(37)41-21-25-10-6-5-7-11-25)19-24(2)33(23)43-35(38)32-28-12-8-9-13-30(28)36(3)31-15-14-27(20-29(31)32)42-22-40-17-16-39-4/h5-15,18-20H,16-17,21-22H2,1-4H3/q+1. The van der Waals surface area contributed by atoms with E-state index in [-0.39, 0.29) is 13.4 Å². The Balaban J connectivity index is 1.45. The van der Waals surface area contributed by atoms with Crippen LogP contribution in [0.3, 0.4) is 0 Å². The van der Waals surface area contributed by atoms with Crippen LogP contribution in [0, 0.1) is 13.8 Å². The molecule has 4 aromatic carbocycles. The number of para-hydroxylation sites is 1. The average molecular weight is 581 g/mol. The highest BCUT2D eigenvalue weighted by molar-refractivity contribution is 6.13. The molecule has 0 aliphatic rings. The van der Waals surface area contributed by atoms with Gasteiger partial charge in [0.15, 0.2) is 6.79 Å². The second-order valence-corrected chi connectivity index (χ2v) is 10.2. The Hall–Kier alpha value is -4.79. The zero-order valence-corrected chi connectivity index (χ0v) is 24.7. The lowest BCUT2D eigenvalue weighted by Crippen LogP contribution is -2.31. The van der Waals surface area contributed by atoms with Gasteiger partial charge in [-0.05, 0) is 60.9 Å². The minimum atomic E-state index is -0.513. The van der Waals surface area contributed by atoms with Gasteiger partial charge < -0.3 is 23.7 Å². The second-order valence-electron chi connectivity index (χ2n) is 10.2. The highest BCUT2D eigenvalue weighted by atomic mass is 16.7. The number of methoxy groups -OCH3 is 1. The van der Waals surface area contributed by atoms with Crippen LogP contribution >= 0.6 is 0 Å². The van der Waals surface area contributed by atoms with Crippen molar-refractivity contribution < 1.29 is 37.8 Å². The predicted molar refractivity (Wildman–Crippen MR) is 162 cm³/mol. The van der Waals surface area contributed by atoms with Crippen molar-refractivity contribution in [2.45, 2.75) is 20.5 Å². The number of benzene rings is 4. The van der Waals surface area contributed by atoms with Crippen LogP contribution in [0.25, 0.3) is 21.8 Å². The smallest absolute Gasteiger partial charge is 0.345 e. The summed E-state index contributed by atoms with van der Waals surface area (Å²) in [6.07, 6.45) is 0. The molecule has 1 heterocycles. The lowest BCUT2D eigenvalue weighted by Gasteiger charge is -2.15. The number of hydrogen-bond donors (Lipinski definition) is 0. The van der Waals surface area contributed by atoms with Crippen LogP contribution in [0.5, 0.6) is 11.5 Å². The zero-order chi connectivity index (χ0) is 30.3. The Labute approximate surface area is 250 Å². The summed E-state index contributed by atoms with van der Waals surface area (Å²) in [5, 5.41) is 1.42. The molecular formula is C35H34NO7+. The molecule has 0 amide bonds. The summed E-state index contributed by atoms with van der Waals surface area (Å²) in [4.78, 5) is 26.8. The van der Waals surface area contributed by atoms with E-state index < -0.39 is 11.9 Å². The van der Waals surface area contributed by atoms with Gasteiger partial charge in [0.25, 0.3) is 0 Å². The number of rotatable bonds is 11. The number of fused-ring (bicyclic) bond motifs is 2. The number of pyridine rings is 1. The molecule has 0 N–H and O–H groups in total. The molecule has 0 saturated carbocycles. The lowest BCUT2D eigenvalue weighted by atomic mass is 10.0. The monoisotopic (exact) mass is 580 g/mol. The fourth-order valence-corrected chi connectivity index (χ4v) is 5.06. The van der Waals surface area contributed by atoms with Crippen LogP contribution in [-0.4, -0.2) is 39.1 Å². The Morgan fingerprint density at radius 3 is 2.21 bits per heavy atom. The summed E-state index contributed by atoms with van der Waals surface area (Å²) in [5.41, 5.74) is 4.71. The minimum absolute atomic E-state index is 0.0485. The quantitative estimate of drug-likeness (QED) is 0.0473.